The third-order valence-electron chi connectivity index (χ3n) is 8.05. The minimum atomic E-state index is -1.01. The largest absolute Gasteiger partial charge is 0.462 e. The van der Waals surface area contributed by atoms with Gasteiger partial charge in [-0.15, -0.1) is 0 Å². The first-order valence-electron chi connectivity index (χ1n) is 14.6. The summed E-state index contributed by atoms with van der Waals surface area (Å²) in [6.45, 7) is 7.96. The Kier molecular flexibility index (Phi) is 10.9. The van der Waals surface area contributed by atoms with Crippen LogP contribution >= 0.6 is 11.6 Å². The van der Waals surface area contributed by atoms with Crippen molar-refractivity contribution in [3.8, 4) is 12.1 Å². The lowest BCUT2D eigenvalue weighted by atomic mass is 10.0. The van der Waals surface area contributed by atoms with Crippen LogP contribution in [-0.2, 0) is 24.1 Å². The van der Waals surface area contributed by atoms with Gasteiger partial charge in [-0.25, -0.2) is 4.39 Å². The zero-order valence-electron chi connectivity index (χ0n) is 24.1. The van der Waals surface area contributed by atoms with Gasteiger partial charge in [0.2, 0.25) is 0 Å². The van der Waals surface area contributed by atoms with E-state index in [9.17, 15) is 14.4 Å². The number of aryl methyl sites for hydroxylation is 2. The predicted molar refractivity (Wildman–Crippen MR) is 159 cm³/mol. The second kappa shape index (κ2) is 14.6. The highest BCUT2D eigenvalue weighted by molar-refractivity contribution is 6.31. The summed E-state index contributed by atoms with van der Waals surface area (Å²) in [6.07, 6.45) is 6.42. The second-order valence-corrected chi connectivity index (χ2v) is 11.3. The maximum Gasteiger partial charge on any atom is 0.318 e. The molecule has 1 aromatic carbocycles. The maximum absolute atomic E-state index is 13.8. The molecule has 4 rings (SSSR count). The fourth-order valence-electron chi connectivity index (χ4n) is 5.79. The molecule has 0 N–H and O–H groups in total. The first kappa shape index (κ1) is 30.7. The van der Waals surface area contributed by atoms with Crippen molar-refractivity contribution in [2.45, 2.75) is 70.4 Å². The molecule has 1 amide bonds. The number of amides is 1. The molecule has 8 nitrogen and oxygen atoms in total. The van der Waals surface area contributed by atoms with Crippen molar-refractivity contribution in [3.05, 3.63) is 58.5 Å². The number of carbonyl (C=O) groups excluding carboxylic acids is 1. The lowest BCUT2D eigenvalue weighted by molar-refractivity contribution is -0.131. The number of halogens is 2. The molecular weight excluding hydrogens is 543 g/mol. The number of nitriles is 1. The molecule has 1 aromatic heterocycles. The molecule has 2 aromatic rings. The van der Waals surface area contributed by atoms with Gasteiger partial charge >= 0.3 is 6.01 Å². The van der Waals surface area contributed by atoms with E-state index >= 15 is 0 Å². The van der Waals surface area contributed by atoms with E-state index in [1.165, 1.54) is 4.90 Å². The molecule has 220 valence electrons. The monoisotopic (exact) mass is 582 g/mol. The number of nitrogens with zero attached hydrogens (tertiary/aromatic N) is 6. The highest BCUT2D eigenvalue weighted by Gasteiger charge is 2.34. The molecule has 0 bridgehead atoms. The highest BCUT2D eigenvalue weighted by Crippen LogP contribution is 2.30. The number of likely N-dealkylation sites (N-methyl/N-ethyl adjacent to an activating group) is 1. The molecule has 2 atom stereocenters. The molecule has 0 spiro atoms. The van der Waals surface area contributed by atoms with E-state index in [2.05, 4.69) is 42.5 Å². The number of hydrogen-bond acceptors (Lipinski definition) is 7. The predicted octanol–water partition coefficient (Wildman–Crippen LogP) is 5.14. The van der Waals surface area contributed by atoms with Crippen molar-refractivity contribution < 1.29 is 13.9 Å². The van der Waals surface area contributed by atoms with Gasteiger partial charge in [0.1, 0.15) is 12.4 Å². The summed E-state index contributed by atoms with van der Waals surface area (Å²) >= 11 is 6.41. The number of ether oxygens (including phenoxy) is 1. The Labute approximate surface area is 247 Å². The van der Waals surface area contributed by atoms with Gasteiger partial charge in [-0.1, -0.05) is 49.7 Å². The van der Waals surface area contributed by atoms with Crippen LogP contribution in [0.4, 0.5) is 10.2 Å². The number of anilines is 1. The van der Waals surface area contributed by atoms with Crippen LogP contribution in [-0.4, -0.2) is 77.6 Å². The maximum atomic E-state index is 13.8. The van der Waals surface area contributed by atoms with Crippen LogP contribution in [0.1, 0.15) is 55.8 Å². The Bertz CT molecular complexity index is 1270. The number of aromatic nitrogens is 2. The summed E-state index contributed by atoms with van der Waals surface area (Å²) in [7, 11) is 2.11. The molecule has 41 heavy (non-hydrogen) atoms. The molecule has 2 saturated heterocycles. The fourth-order valence-corrected chi connectivity index (χ4v) is 6.02. The molecule has 10 heteroatoms. The Morgan fingerprint density at radius 1 is 1.20 bits per heavy atom. The van der Waals surface area contributed by atoms with E-state index in [1.54, 1.807) is 0 Å². The number of hydrogen-bond donors (Lipinski definition) is 0. The fraction of sp³-hybridized carbons (Fsp3) is 0.548. The zero-order chi connectivity index (χ0) is 29.4. The van der Waals surface area contributed by atoms with E-state index < -0.39 is 17.8 Å². The topological polar surface area (TPSA) is 85.6 Å². The third kappa shape index (κ3) is 7.75. The number of rotatable bonds is 12. The summed E-state index contributed by atoms with van der Waals surface area (Å²) in [5.74, 6) is -0.992. The summed E-state index contributed by atoms with van der Waals surface area (Å²) < 4.78 is 20.0. The van der Waals surface area contributed by atoms with Crippen molar-refractivity contribution in [2.75, 3.05) is 44.7 Å². The van der Waals surface area contributed by atoms with Crippen molar-refractivity contribution in [1.82, 2.24) is 19.8 Å². The molecule has 2 aliphatic heterocycles. The number of benzene rings is 1. The van der Waals surface area contributed by atoms with E-state index in [0.717, 1.165) is 79.2 Å². The molecule has 2 unspecified atom stereocenters. The normalized spacial score (nSPS) is 19.3. The molecule has 0 aliphatic carbocycles. The van der Waals surface area contributed by atoms with Crippen molar-refractivity contribution in [1.29, 1.82) is 5.26 Å². The molecule has 0 saturated carbocycles. The lowest BCUT2D eigenvalue weighted by Crippen LogP contribution is -2.55. The van der Waals surface area contributed by atoms with Gasteiger partial charge in [0.15, 0.2) is 5.83 Å². The van der Waals surface area contributed by atoms with Gasteiger partial charge in [0.05, 0.1) is 24.2 Å². The summed E-state index contributed by atoms with van der Waals surface area (Å²) in [5.41, 5.74) is 3.12. The van der Waals surface area contributed by atoms with Crippen molar-refractivity contribution in [2.24, 2.45) is 0 Å². The Hall–Kier alpha value is -3.22. The third-order valence-corrected chi connectivity index (χ3v) is 8.42. The SMILES string of the molecule is C=C(F)C(=O)N1CCN(c2nc(OCC3CCCN3C)nc(CCCc3ccccc3Cl)c2CCC)CC1CC#N. The van der Waals surface area contributed by atoms with Gasteiger partial charge in [0, 0.05) is 36.3 Å². The zero-order valence-corrected chi connectivity index (χ0v) is 24.9. The molecular formula is C31H40ClFN6O2. The van der Waals surface area contributed by atoms with E-state index in [0.29, 0.717) is 31.7 Å². The van der Waals surface area contributed by atoms with Crippen LogP contribution in [0, 0.1) is 11.3 Å². The first-order valence-corrected chi connectivity index (χ1v) is 14.9. The first-order chi connectivity index (χ1) is 19.8. The minimum absolute atomic E-state index is 0.0891. The molecule has 0 radical (unpaired) electrons. The lowest BCUT2D eigenvalue weighted by Gasteiger charge is -2.41. The summed E-state index contributed by atoms with van der Waals surface area (Å²) in [5, 5.41) is 10.2. The standard InChI is InChI=1S/C31H40ClFN6O2/c1-4-9-26-28(14-7-11-23-10-5-6-13-27(23)32)35-31(41-21-25-12-8-17-37(25)3)36-29(26)38-18-19-39(30(40)22(2)33)24(20-38)15-16-34/h5-6,10,13,24-25H,2,4,7-9,11-12,14-15,17-21H2,1,3H3. The van der Waals surface area contributed by atoms with Crippen molar-refractivity contribution in [3.63, 3.8) is 0 Å². The van der Waals surface area contributed by atoms with Crippen LogP contribution in [0.5, 0.6) is 6.01 Å². The summed E-state index contributed by atoms with van der Waals surface area (Å²) in [4.78, 5) is 28.1. The van der Waals surface area contributed by atoms with Gasteiger partial charge in [0.25, 0.3) is 5.91 Å². The van der Waals surface area contributed by atoms with Gasteiger partial charge < -0.3 is 19.4 Å². The smallest absolute Gasteiger partial charge is 0.318 e. The van der Waals surface area contributed by atoms with Crippen LogP contribution < -0.4 is 9.64 Å². The van der Waals surface area contributed by atoms with Crippen LogP contribution in [0.2, 0.25) is 5.02 Å². The van der Waals surface area contributed by atoms with Crippen LogP contribution in [0.3, 0.4) is 0 Å². The van der Waals surface area contributed by atoms with Gasteiger partial charge in [-0.05, 0) is 63.7 Å². The van der Waals surface area contributed by atoms with Gasteiger partial charge in [-0.2, -0.15) is 15.2 Å². The molecule has 3 heterocycles. The van der Waals surface area contributed by atoms with E-state index in [1.807, 2.05) is 18.2 Å². The Morgan fingerprint density at radius 2 is 2.00 bits per heavy atom. The Morgan fingerprint density at radius 3 is 2.68 bits per heavy atom. The van der Waals surface area contributed by atoms with E-state index in [4.69, 9.17) is 26.3 Å². The second-order valence-electron chi connectivity index (χ2n) is 10.9. The van der Waals surface area contributed by atoms with Crippen LogP contribution in [0.25, 0.3) is 0 Å². The number of piperazine rings is 1. The Balaban J connectivity index is 1.63. The van der Waals surface area contributed by atoms with E-state index in [-0.39, 0.29) is 13.0 Å². The highest BCUT2D eigenvalue weighted by atomic mass is 35.5. The summed E-state index contributed by atoms with van der Waals surface area (Å²) in [6, 6.07) is 10.2. The van der Waals surface area contributed by atoms with Crippen LogP contribution in [0.15, 0.2) is 36.7 Å². The quantitative estimate of drug-likeness (QED) is 0.320. The minimum Gasteiger partial charge on any atom is -0.462 e. The average molecular weight is 583 g/mol. The van der Waals surface area contributed by atoms with Crippen molar-refractivity contribution >= 4 is 23.3 Å². The average Bonchev–Trinajstić information content (AvgIpc) is 3.38. The van der Waals surface area contributed by atoms with Gasteiger partial charge in [-0.3, -0.25) is 4.79 Å². The molecule has 2 fully saturated rings. The number of carbonyl (C=O) groups is 1. The number of likely N-dealkylation sites (tertiary alicyclic amines) is 1. The molecule has 2 aliphatic rings.